The lowest BCUT2D eigenvalue weighted by atomic mass is 10.0. The molecule has 39 heavy (non-hydrogen) atoms. The van der Waals surface area contributed by atoms with Crippen molar-refractivity contribution in [1.82, 2.24) is 19.7 Å². The van der Waals surface area contributed by atoms with Gasteiger partial charge in [0.05, 0.1) is 35.7 Å². The van der Waals surface area contributed by atoms with Crippen molar-refractivity contribution < 1.29 is 17.9 Å². The molecule has 0 atom stereocenters. The number of nitrogens with zero attached hydrogens (tertiary/aromatic N) is 2. The third-order valence-electron chi connectivity index (χ3n) is 6.26. The number of carbonyl (C=O) groups is 1. The number of benzene rings is 1. The summed E-state index contributed by atoms with van der Waals surface area (Å²) in [5.74, 6) is 0.0770. The average Bonchev–Trinajstić information content (AvgIpc) is 3.32. The Balaban J connectivity index is 1.75. The van der Waals surface area contributed by atoms with E-state index in [-0.39, 0.29) is 23.8 Å². The van der Waals surface area contributed by atoms with Gasteiger partial charge in [-0.15, -0.1) is 0 Å². The SMILES string of the molecule is CCOc1cc(C)[nH]c(=O)c1CNC(=O)c1cc(-c2cccc(NS(=O)(=O)CC)c2)cc2c(C(C)C)ncn12. The summed E-state index contributed by atoms with van der Waals surface area (Å²) in [5, 5.41) is 2.85. The van der Waals surface area contributed by atoms with Crippen molar-refractivity contribution in [2.45, 2.75) is 47.1 Å². The Hall–Kier alpha value is -4.12. The minimum absolute atomic E-state index is 0.0322. The number of rotatable bonds is 10. The third-order valence-corrected chi connectivity index (χ3v) is 7.57. The highest BCUT2D eigenvalue weighted by Crippen LogP contribution is 2.29. The molecule has 0 fully saturated rings. The molecule has 11 heteroatoms. The monoisotopic (exact) mass is 551 g/mol. The van der Waals surface area contributed by atoms with E-state index in [1.165, 1.54) is 0 Å². The summed E-state index contributed by atoms with van der Waals surface area (Å²) < 4.78 is 34.1. The van der Waals surface area contributed by atoms with Crippen LogP contribution in [0.25, 0.3) is 16.6 Å². The molecule has 0 saturated heterocycles. The first kappa shape index (κ1) is 27.9. The first-order chi connectivity index (χ1) is 18.5. The van der Waals surface area contributed by atoms with E-state index in [4.69, 9.17) is 4.74 Å². The van der Waals surface area contributed by atoms with Gasteiger partial charge >= 0.3 is 0 Å². The Morgan fingerprint density at radius 2 is 1.90 bits per heavy atom. The van der Waals surface area contributed by atoms with E-state index in [0.717, 1.165) is 22.3 Å². The number of nitrogens with one attached hydrogen (secondary N) is 3. The van der Waals surface area contributed by atoms with Crippen molar-refractivity contribution in [1.29, 1.82) is 0 Å². The number of pyridine rings is 2. The van der Waals surface area contributed by atoms with Crippen LogP contribution in [0.2, 0.25) is 0 Å². The van der Waals surface area contributed by atoms with E-state index in [9.17, 15) is 18.0 Å². The van der Waals surface area contributed by atoms with E-state index in [2.05, 4.69) is 20.0 Å². The van der Waals surface area contributed by atoms with Crippen molar-refractivity contribution in [2.24, 2.45) is 0 Å². The molecule has 3 N–H and O–H groups in total. The summed E-state index contributed by atoms with van der Waals surface area (Å²) in [7, 11) is -3.45. The van der Waals surface area contributed by atoms with Gasteiger partial charge in [-0.25, -0.2) is 13.4 Å². The first-order valence-electron chi connectivity index (χ1n) is 12.8. The van der Waals surface area contributed by atoms with Gasteiger partial charge in [0.2, 0.25) is 10.0 Å². The molecule has 0 aliphatic rings. The Morgan fingerprint density at radius 3 is 2.59 bits per heavy atom. The number of amides is 1. The zero-order valence-electron chi connectivity index (χ0n) is 22.7. The number of aromatic nitrogens is 3. The number of H-pyrrole nitrogens is 1. The molecule has 0 radical (unpaired) electrons. The van der Waals surface area contributed by atoms with Crippen molar-refractivity contribution in [2.75, 3.05) is 17.1 Å². The van der Waals surface area contributed by atoms with Crippen LogP contribution in [0.4, 0.5) is 5.69 Å². The van der Waals surface area contributed by atoms with E-state index < -0.39 is 15.9 Å². The number of aromatic amines is 1. The number of imidazole rings is 1. The Labute approximate surface area is 227 Å². The van der Waals surface area contributed by atoms with Crippen molar-refractivity contribution >= 4 is 27.1 Å². The molecule has 4 aromatic rings. The second kappa shape index (κ2) is 11.3. The molecular weight excluding hydrogens is 518 g/mol. The Morgan fingerprint density at radius 1 is 1.13 bits per heavy atom. The molecule has 1 amide bonds. The van der Waals surface area contributed by atoms with Crippen molar-refractivity contribution in [3.05, 3.63) is 81.8 Å². The van der Waals surface area contributed by atoms with Gasteiger partial charge in [0.1, 0.15) is 17.8 Å². The highest BCUT2D eigenvalue weighted by Gasteiger charge is 2.19. The standard InChI is InChI=1S/C28H33N5O5S/c1-6-38-25-11-18(5)31-27(34)22(25)15-29-28(35)24-14-20(13-23-26(17(3)4)30-16-33(23)24)19-9-8-10-21(12-19)32-39(36,37)7-2/h8-14,16-17,32H,6-7,15H2,1-5H3,(H,29,35)(H,31,34). The molecule has 0 spiro atoms. The van der Waals surface area contributed by atoms with Crippen LogP contribution >= 0.6 is 0 Å². The quantitative estimate of drug-likeness (QED) is 0.270. The van der Waals surface area contributed by atoms with E-state index >= 15 is 0 Å². The van der Waals surface area contributed by atoms with Crippen LogP contribution in [-0.4, -0.2) is 41.1 Å². The van der Waals surface area contributed by atoms with E-state index in [1.807, 2.05) is 32.9 Å². The lowest BCUT2D eigenvalue weighted by Gasteiger charge is -2.14. The summed E-state index contributed by atoms with van der Waals surface area (Å²) in [6.07, 6.45) is 1.61. The molecule has 0 unspecified atom stereocenters. The number of sulfonamides is 1. The molecule has 10 nitrogen and oxygen atoms in total. The minimum Gasteiger partial charge on any atom is -0.493 e. The van der Waals surface area contributed by atoms with Gasteiger partial charge in [-0.3, -0.25) is 18.7 Å². The molecule has 3 aromatic heterocycles. The maximum absolute atomic E-state index is 13.5. The second-order valence-electron chi connectivity index (χ2n) is 9.50. The predicted molar refractivity (Wildman–Crippen MR) is 152 cm³/mol. The summed E-state index contributed by atoms with van der Waals surface area (Å²) in [5.41, 5.74) is 4.45. The molecule has 0 saturated carbocycles. The number of carbonyl (C=O) groups excluding carboxylic acids is 1. The average molecular weight is 552 g/mol. The summed E-state index contributed by atoms with van der Waals surface area (Å²) in [4.78, 5) is 33.4. The van der Waals surface area contributed by atoms with Crippen molar-refractivity contribution in [3.63, 3.8) is 0 Å². The molecule has 4 rings (SSSR count). The molecule has 1 aromatic carbocycles. The van der Waals surface area contributed by atoms with Gasteiger partial charge in [-0.05, 0) is 68.1 Å². The van der Waals surface area contributed by atoms with Crippen molar-refractivity contribution in [3.8, 4) is 16.9 Å². The number of aryl methyl sites for hydroxylation is 1. The summed E-state index contributed by atoms with van der Waals surface area (Å²) in [6, 6.07) is 12.4. The summed E-state index contributed by atoms with van der Waals surface area (Å²) in [6.45, 7) is 9.56. The second-order valence-corrected chi connectivity index (χ2v) is 11.5. The maximum atomic E-state index is 13.5. The maximum Gasteiger partial charge on any atom is 0.268 e. The van der Waals surface area contributed by atoms with Gasteiger partial charge in [-0.2, -0.15) is 0 Å². The fraction of sp³-hybridized carbons (Fsp3) is 0.321. The van der Waals surface area contributed by atoms with E-state index in [1.54, 1.807) is 54.9 Å². The highest BCUT2D eigenvalue weighted by molar-refractivity contribution is 7.92. The normalized spacial score (nSPS) is 11.6. The van der Waals surface area contributed by atoms with Gasteiger partial charge in [0.15, 0.2) is 0 Å². The van der Waals surface area contributed by atoms with Crippen LogP contribution in [0, 0.1) is 6.92 Å². The zero-order chi connectivity index (χ0) is 28.3. The van der Waals surface area contributed by atoms with Gasteiger partial charge in [0.25, 0.3) is 11.5 Å². The molecule has 0 aliphatic heterocycles. The summed E-state index contributed by atoms with van der Waals surface area (Å²) >= 11 is 0. The third kappa shape index (κ3) is 6.14. The molecule has 0 aliphatic carbocycles. The van der Waals surface area contributed by atoms with Crippen LogP contribution in [0.1, 0.15) is 61.1 Å². The van der Waals surface area contributed by atoms with Crippen LogP contribution in [0.5, 0.6) is 5.75 Å². The molecule has 3 heterocycles. The van der Waals surface area contributed by atoms with Crippen LogP contribution in [0.15, 0.2) is 53.6 Å². The largest absolute Gasteiger partial charge is 0.493 e. The topological polar surface area (TPSA) is 135 Å². The number of ether oxygens (including phenoxy) is 1. The van der Waals surface area contributed by atoms with Crippen LogP contribution in [0.3, 0.4) is 0 Å². The van der Waals surface area contributed by atoms with Gasteiger partial charge < -0.3 is 15.0 Å². The lowest BCUT2D eigenvalue weighted by Crippen LogP contribution is -2.29. The number of fused-ring (bicyclic) bond motifs is 1. The molecule has 206 valence electrons. The fourth-order valence-corrected chi connectivity index (χ4v) is 4.94. The first-order valence-corrected chi connectivity index (χ1v) is 14.4. The number of hydrogen-bond donors (Lipinski definition) is 3. The predicted octanol–water partition coefficient (Wildman–Crippen LogP) is 4.21. The fourth-order valence-electron chi connectivity index (χ4n) is 4.31. The Kier molecular flexibility index (Phi) is 8.10. The zero-order valence-corrected chi connectivity index (χ0v) is 23.5. The number of hydrogen-bond acceptors (Lipinski definition) is 6. The van der Waals surface area contributed by atoms with Crippen LogP contribution in [-0.2, 0) is 16.6 Å². The molecule has 0 bridgehead atoms. The number of anilines is 1. The Bertz CT molecular complexity index is 1690. The highest BCUT2D eigenvalue weighted by atomic mass is 32.2. The van der Waals surface area contributed by atoms with Crippen LogP contribution < -0.4 is 20.3 Å². The van der Waals surface area contributed by atoms with Gasteiger partial charge in [0, 0.05) is 11.4 Å². The minimum atomic E-state index is -3.45. The lowest BCUT2D eigenvalue weighted by molar-refractivity contribution is 0.0944. The smallest absolute Gasteiger partial charge is 0.268 e. The molecular formula is C28H33N5O5S. The van der Waals surface area contributed by atoms with Gasteiger partial charge in [-0.1, -0.05) is 26.0 Å². The van der Waals surface area contributed by atoms with E-state index in [0.29, 0.717) is 35.0 Å².